The molecule has 0 spiro atoms. The molecule has 0 saturated carbocycles. The van der Waals surface area contributed by atoms with Gasteiger partial charge in [0.05, 0.1) is 5.69 Å². The Bertz CT molecular complexity index is 783. The Balaban J connectivity index is 1.67. The highest BCUT2D eigenvalue weighted by Crippen LogP contribution is 2.30. The van der Waals surface area contributed by atoms with E-state index < -0.39 is 0 Å². The molecule has 4 heterocycles. The number of piperidine rings is 1. The van der Waals surface area contributed by atoms with Crippen molar-refractivity contribution in [3.63, 3.8) is 0 Å². The fourth-order valence-corrected chi connectivity index (χ4v) is 3.12. The fourth-order valence-electron chi connectivity index (χ4n) is 3.12. The molecule has 1 saturated heterocycles. The minimum Gasteiger partial charge on any atom is -0.340 e. The van der Waals surface area contributed by atoms with Crippen LogP contribution in [0.5, 0.6) is 0 Å². The normalized spacial score (nSPS) is 18.8. The predicted octanol–water partition coefficient (Wildman–Crippen LogP) is 1.54. The van der Waals surface area contributed by atoms with E-state index in [9.17, 15) is 0 Å². The number of hydrogen-bond donors (Lipinski definition) is 0. The summed E-state index contributed by atoms with van der Waals surface area (Å²) in [4.78, 5) is 19.8. The Hall–Kier alpha value is -2.57. The van der Waals surface area contributed by atoms with Crippen molar-refractivity contribution in [2.24, 2.45) is 7.05 Å². The van der Waals surface area contributed by atoms with E-state index in [2.05, 4.69) is 29.9 Å². The first-order chi connectivity index (χ1) is 10.8. The van der Waals surface area contributed by atoms with Crippen molar-refractivity contribution in [1.82, 2.24) is 29.7 Å². The highest BCUT2D eigenvalue weighted by Gasteiger charge is 2.27. The van der Waals surface area contributed by atoms with Gasteiger partial charge in [0.15, 0.2) is 5.65 Å². The Morgan fingerprint density at radius 2 is 1.86 bits per heavy atom. The first kappa shape index (κ1) is 13.1. The van der Waals surface area contributed by atoms with Crippen LogP contribution in [0, 0.1) is 0 Å². The van der Waals surface area contributed by atoms with Gasteiger partial charge >= 0.3 is 0 Å². The lowest BCUT2D eigenvalue weighted by Crippen LogP contribution is -2.35. The number of hydrogen-bond acceptors (Lipinski definition) is 6. The van der Waals surface area contributed by atoms with Crippen LogP contribution in [0.15, 0.2) is 30.9 Å². The molecule has 0 amide bonds. The van der Waals surface area contributed by atoms with Gasteiger partial charge in [-0.2, -0.15) is 5.10 Å². The molecule has 22 heavy (non-hydrogen) atoms. The number of rotatable bonds is 2. The van der Waals surface area contributed by atoms with E-state index in [0.29, 0.717) is 5.92 Å². The minimum absolute atomic E-state index is 0.331. The number of aromatic nitrogens is 6. The molecule has 1 aliphatic rings. The second kappa shape index (κ2) is 5.32. The van der Waals surface area contributed by atoms with Gasteiger partial charge in [-0.25, -0.2) is 24.6 Å². The van der Waals surface area contributed by atoms with Crippen LogP contribution >= 0.6 is 0 Å². The first-order valence-corrected chi connectivity index (χ1v) is 7.48. The van der Waals surface area contributed by atoms with Crippen molar-refractivity contribution in [2.75, 3.05) is 18.0 Å². The van der Waals surface area contributed by atoms with Gasteiger partial charge in [0.2, 0.25) is 5.95 Å². The largest absolute Gasteiger partial charge is 0.340 e. The van der Waals surface area contributed by atoms with Crippen molar-refractivity contribution in [1.29, 1.82) is 0 Å². The highest BCUT2D eigenvalue weighted by molar-refractivity contribution is 5.73. The molecule has 3 aromatic rings. The molecule has 0 unspecified atom stereocenters. The van der Waals surface area contributed by atoms with Crippen LogP contribution < -0.4 is 4.90 Å². The summed E-state index contributed by atoms with van der Waals surface area (Å²) < 4.78 is 1.82. The summed E-state index contributed by atoms with van der Waals surface area (Å²) in [6, 6.07) is 1.84. The van der Waals surface area contributed by atoms with E-state index >= 15 is 0 Å². The average molecular weight is 295 g/mol. The van der Waals surface area contributed by atoms with Crippen molar-refractivity contribution in [3.05, 3.63) is 36.5 Å². The Labute approximate surface area is 128 Å². The van der Waals surface area contributed by atoms with Crippen LogP contribution in [-0.2, 0) is 7.05 Å². The molecule has 1 fully saturated rings. The predicted molar refractivity (Wildman–Crippen MR) is 82.5 cm³/mol. The zero-order valence-electron chi connectivity index (χ0n) is 12.4. The zero-order valence-corrected chi connectivity index (χ0v) is 12.4. The third-order valence-corrected chi connectivity index (χ3v) is 4.13. The van der Waals surface area contributed by atoms with Gasteiger partial charge in [-0.1, -0.05) is 0 Å². The molecule has 7 heteroatoms. The van der Waals surface area contributed by atoms with Gasteiger partial charge < -0.3 is 4.90 Å². The Morgan fingerprint density at radius 3 is 2.73 bits per heavy atom. The molecule has 0 N–H and O–H groups in total. The number of aryl methyl sites for hydroxylation is 1. The molecule has 3 aromatic heterocycles. The van der Waals surface area contributed by atoms with Crippen molar-refractivity contribution in [2.45, 2.75) is 18.8 Å². The van der Waals surface area contributed by atoms with Crippen LogP contribution in [0.25, 0.3) is 11.2 Å². The quantitative estimate of drug-likeness (QED) is 0.714. The Kier molecular flexibility index (Phi) is 3.17. The highest BCUT2D eigenvalue weighted by atomic mass is 15.3. The standard InChI is InChI=1S/C15H17N7/c1-21-14-13(16-7-8-17-14)12(20-21)11-4-2-9-22(10-11)15-18-5-3-6-19-15/h3,5-8,11H,2,4,9-10H2,1H3/t11-/m1/s1. The third kappa shape index (κ3) is 2.18. The zero-order chi connectivity index (χ0) is 14.9. The molecule has 7 nitrogen and oxygen atoms in total. The van der Waals surface area contributed by atoms with Crippen molar-refractivity contribution < 1.29 is 0 Å². The summed E-state index contributed by atoms with van der Waals surface area (Å²) >= 11 is 0. The molecule has 0 bridgehead atoms. The number of nitrogens with zero attached hydrogens (tertiary/aromatic N) is 7. The van der Waals surface area contributed by atoms with Crippen LogP contribution in [-0.4, -0.2) is 42.8 Å². The maximum Gasteiger partial charge on any atom is 0.225 e. The van der Waals surface area contributed by atoms with Gasteiger partial charge in [0, 0.05) is 50.8 Å². The van der Waals surface area contributed by atoms with Crippen LogP contribution in [0.4, 0.5) is 5.95 Å². The van der Waals surface area contributed by atoms with E-state index in [1.165, 1.54) is 0 Å². The number of anilines is 1. The van der Waals surface area contributed by atoms with Gasteiger partial charge in [-0.3, -0.25) is 0 Å². The molecule has 0 aromatic carbocycles. The minimum atomic E-state index is 0.331. The van der Waals surface area contributed by atoms with E-state index in [1.807, 2.05) is 17.8 Å². The van der Waals surface area contributed by atoms with E-state index in [-0.39, 0.29) is 0 Å². The summed E-state index contributed by atoms with van der Waals surface area (Å²) in [5.41, 5.74) is 2.78. The SMILES string of the molecule is Cn1nc([C@@H]2CCCN(c3ncccn3)C2)c2nccnc21. The monoisotopic (exact) mass is 295 g/mol. The van der Waals surface area contributed by atoms with Crippen LogP contribution in [0.2, 0.25) is 0 Å². The summed E-state index contributed by atoms with van der Waals surface area (Å²) in [5.74, 6) is 1.12. The molecule has 0 aliphatic carbocycles. The maximum atomic E-state index is 4.67. The lowest BCUT2D eigenvalue weighted by molar-refractivity contribution is 0.492. The first-order valence-electron chi connectivity index (χ1n) is 7.48. The molecule has 4 rings (SSSR count). The molecule has 112 valence electrons. The summed E-state index contributed by atoms with van der Waals surface area (Å²) in [6.07, 6.45) is 9.21. The topological polar surface area (TPSA) is 72.6 Å². The molecular formula is C15H17N7. The number of fused-ring (bicyclic) bond motifs is 1. The lowest BCUT2D eigenvalue weighted by Gasteiger charge is -2.31. The van der Waals surface area contributed by atoms with E-state index in [4.69, 9.17) is 0 Å². The average Bonchev–Trinajstić information content (AvgIpc) is 2.93. The fraction of sp³-hybridized carbons (Fsp3) is 0.400. The van der Waals surface area contributed by atoms with Crippen LogP contribution in [0.3, 0.4) is 0 Å². The lowest BCUT2D eigenvalue weighted by atomic mass is 9.94. The summed E-state index contributed by atoms with van der Waals surface area (Å²) in [5, 5.41) is 4.67. The molecule has 1 atom stereocenters. The Morgan fingerprint density at radius 1 is 1.05 bits per heavy atom. The maximum absolute atomic E-state index is 4.67. The second-order valence-corrected chi connectivity index (χ2v) is 5.57. The van der Waals surface area contributed by atoms with E-state index in [0.717, 1.165) is 48.7 Å². The molecule has 0 radical (unpaired) electrons. The van der Waals surface area contributed by atoms with Gasteiger partial charge in [-0.05, 0) is 18.9 Å². The molecular weight excluding hydrogens is 278 g/mol. The van der Waals surface area contributed by atoms with E-state index in [1.54, 1.807) is 24.8 Å². The van der Waals surface area contributed by atoms with Gasteiger partial charge in [-0.15, -0.1) is 0 Å². The summed E-state index contributed by atoms with van der Waals surface area (Å²) in [6.45, 7) is 1.85. The van der Waals surface area contributed by atoms with Crippen molar-refractivity contribution in [3.8, 4) is 0 Å². The third-order valence-electron chi connectivity index (χ3n) is 4.13. The smallest absolute Gasteiger partial charge is 0.225 e. The van der Waals surface area contributed by atoms with Crippen molar-refractivity contribution >= 4 is 17.1 Å². The van der Waals surface area contributed by atoms with Crippen LogP contribution in [0.1, 0.15) is 24.5 Å². The van der Waals surface area contributed by atoms with Gasteiger partial charge in [0.25, 0.3) is 0 Å². The molecule has 1 aliphatic heterocycles. The van der Waals surface area contributed by atoms with Gasteiger partial charge in [0.1, 0.15) is 5.52 Å². The summed E-state index contributed by atoms with van der Waals surface area (Å²) in [7, 11) is 1.92. The second-order valence-electron chi connectivity index (χ2n) is 5.57.